The number of hydrogen-bond donors (Lipinski definition) is 1. The van der Waals surface area contributed by atoms with Crippen LogP contribution in [0.4, 0.5) is 17.6 Å². The number of nitrogens with one attached hydrogen (secondary N) is 1. The van der Waals surface area contributed by atoms with E-state index < -0.39 is 17.6 Å². The van der Waals surface area contributed by atoms with Crippen molar-refractivity contribution in [2.24, 2.45) is 0 Å². The maximum atomic E-state index is 12.9. The molecule has 0 aliphatic rings. The van der Waals surface area contributed by atoms with Crippen molar-refractivity contribution in [1.82, 2.24) is 5.32 Å². The van der Waals surface area contributed by atoms with E-state index >= 15 is 0 Å². The van der Waals surface area contributed by atoms with E-state index in [2.05, 4.69) is 5.32 Å². The van der Waals surface area contributed by atoms with Crippen LogP contribution in [0.25, 0.3) is 0 Å². The molecule has 0 spiro atoms. The minimum Gasteiger partial charge on any atom is -0.466 e. The van der Waals surface area contributed by atoms with Gasteiger partial charge in [0.25, 0.3) is 0 Å². The highest BCUT2D eigenvalue weighted by molar-refractivity contribution is 5.69. The van der Waals surface area contributed by atoms with Crippen LogP contribution in [0.15, 0.2) is 18.2 Å². The van der Waals surface area contributed by atoms with Crippen LogP contribution < -0.4 is 5.32 Å². The fraction of sp³-hybridized carbons (Fsp3) is 0.500. The summed E-state index contributed by atoms with van der Waals surface area (Å²) < 4.78 is 55.9. The molecule has 7 heteroatoms. The molecule has 0 saturated carbocycles. The molecule has 0 unspecified atom stereocenters. The fourth-order valence-corrected chi connectivity index (χ4v) is 1.78. The summed E-state index contributed by atoms with van der Waals surface area (Å²) in [5, 5.41) is 2.80. The second-order valence-electron chi connectivity index (χ2n) is 4.38. The molecule has 0 saturated heterocycles. The van der Waals surface area contributed by atoms with Crippen LogP contribution in [0, 0.1) is 5.82 Å². The first-order valence-corrected chi connectivity index (χ1v) is 6.56. The molecule has 1 N–H and O–H groups in total. The van der Waals surface area contributed by atoms with Gasteiger partial charge in [0, 0.05) is 13.0 Å². The average molecular weight is 307 g/mol. The van der Waals surface area contributed by atoms with Crippen LogP contribution in [0.5, 0.6) is 0 Å². The highest BCUT2D eigenvalue weighted by Crippen LogP contribution is 2.32. The molecule has 118 valence electrons. The summed E-state index contributed by atoms with van der Waals surface area (Å²) in [4.78, 5) is 11.1. The van der Waals surface area contributed by atoms with Gasteiger partial charge in [-0.3, -0.25) is 4.79 Å². The monoisotopic (exact) mass is 307 g/mol. The molecule has 0 heterocycles. The maximum absolute atomic E-state index is 12.9. The van der Waals surface area contributed by atoms with E-state index in [-0.39, 0.29) is 24.5 Å². The third-order valence-corrected chi connectivity index (χ3v) is 2.73. The molecule has 0 amide bonds. The van der Waals surface area contributed by atoms with E-state index in [0.29, 0.717) is 25.6 Å². The lowest BCUT2D eigenvalue weighted by atomic mass is 10.1. The Hall–Kier alpha value is -1.63. The molecular weight excluding hydrogens is 290 g/mol. The Morgan fingerprint density at radius 2 is 2.05 bits per heavy atom. The molecule has 1 rings (SSSR count). The van der Waals surface area contributed by atoms with Crippen molar-refractivity contribution in [2.45, 2.75) is 32.5 Å². The molecule has 0 fully saturated rings. The van der Waals surface area contributed by atoms with E-state index in [1.54, 1.807) is 6.92 Å². The first kappa shape index (κ1) is 17.4. The van der Waals surface area contributed by atoms with E-state index in [1.165, 1.54) is 0 Å². The van der Waals surface area contributed by atoms with Crippen molar-refractivity contribution in [3.63, 3.8) is 0 Å². The minimum atomic E-state index is -4.59. The van der Waals surface area contributed by atoms with Gasteiger partial charge in [-0.05, 0) is 37.6 Å². The molecule has 0 bridgehead atoms. The number of ether oxygens (including phenoxy) is 1. The van der Waals surface area contributed by atoms with E-state index in [9.17, 15) is 22.4 Å². The standard InChI is InChI=1S/C14H17F4NO2/c1-2-21-13(20)4-3-7-19-9-10-5-6-11(15)8-12(10)14(16,17)18/h5-6,8,19H,2-4,7,9H2,1H3. The van der Waals surface area contributed by atoms with Crippen LogP contribution in [-0.4, -0.2) is 19.1 Å². The third-order valence-electron chi connectivity index (χ3n) is 2.73. The van der Waals surface area contributed by atoms with Crippen LogP contribution in [-0.2, 0) is 22.3 Å². The fourth-order valence-electron chi connectivity index (χ4n) is 1.78. The topological polar surface area (TPSA) is 38.3 Å². The Kier molecular flexibility index (Phi) is 6.61. The van der Waals surface area contributed by atoms with Crippen molar-refractivity contribution >= 4 is 5.97 Å². The van der Waals surface area contributed by atoms with Crippen molar-refractivity contribution in [1.29, 1.82) is 0 Å². The summed E-state index contributed by atoms with van der Waals surface area (Å²) in [7, 11) is 0. The summed E-state index contributed by atoms with van der Waals surface area (Å²) in [6.45, 7) is 2.32. The Labute approximate surface area is 120 Å². The van der Waals surface area contributed by atoms with Gasteiger partial charge in [0.2, 0.25) is 0 Å². The van der Waals surface area contributed by atoms with E-state index in [1.807, 2.05) is 0 Å². The normalized spacial score (nSPS) is 11.5. The molecule has 0 aromatic heterocycles. The number of rotatable bonds is 7. The van der Waals surface area contributed by atoms with Gasteiger partial charge in [-0.1, -0.05) is 6.07 Å². The van der Waals surface area contributed by atoms with Gasteiger partial charge >= 0.3 is 12.1 Å². The lowest BCUT2D eigenvalue weighted by Crippen LogP contribution is -2.19. The molecule has 3 nitrogen and oxygen atoms in total. The second-order valence-corrected chi connectivity index (χ2v) is 4.38. The lowest BCUT2D eigenvalue weighted by molar-refractivity contribution is -0.143. The summed E-state index contributed by atoms with van der Waals surface area (Å²) >= 11 is 0. The van der Waals surface area contributed by atoms with Gasteiger partial charge in [-0.2, -0.15) is 13.2 Å². The molecule has 21 heavy (non-hydrogen) atoms. The minimum absolute atomic E-state index is 0.0277. The van der Waals surface area contributed by atoms with Crippen molar-refractivity contribution in [2.75, 3.05) is 13.2 Å². The predicted molar refractivity (Wildman–Crippen MR) is 69.0 cm³/mol. The van der Waals surface area contributed by atoms with Gasteiger partial charge in [-0.15, -0.1) is 0 Å². The van der Waals surface area contributed by atoms with Gasteiger partial charge in [0.15, 0.2) is 0 Å². The summed E-state index contributed by atoms with van der Waals surface area (Å²) in [6, 6.07) is 2.58. The van der Waals surface area contributed by atoms with Crippen molar-refractivity contribution in [3.05, 3.63) is 35.1 Å². The molecule has 0 aliphatic carbocycles. The summed E-state index contributed by atoms with van der Waals surface area (Å²) in [6.07, 6.45) is -3.93. The number of alkyl halides is 3. The van der Waals surface area contributed by atoms with Crippen LogP contribution in [0.2, 0.25) is 0 Å². The quantitative estimate of drug-likeness (QED) is 0.477. The average Bonchev–Trinajstić information content (AvgIpc) is 2.39. The highest BCUT2D eigenvalue weighted by Gasteiger charge is 2.33. The largest absolute Gasteiger partial charge is 0.466 e. The Balaban J connectivity index is 2.47. The number of halogens is 4. The highest BCUT2D eigenvalue weighted by atomic mass is 19.4. The molecule has 1 aromatic carbocycles. The van der Waals surface area contributed by atoms with E-state index in [0.717, 1.165) is 12.1 Å². The molecule has 0 radical (unpaired) electrons. The predicted octanol–water partition coefficient (Wildman–Crippen LogP) is 3.28. The number of hydrogen-bond acceptors (Lipinski definition) is 3. The smallest absolute Gasteiger partial charge is 0.416 e. The SMILES string of the molecule is CCOC(=O)CCCNCc1ccc(F)cc1C(F)(F)F. The summed E-state index contributed by atoms with van der Waals surface area (Å²) in [5.41, 5.74) is -1.01. The van der Waals surface area contributed by atoms with Gasteiger partial charge in [-0.25, -0.2) is 4.39 Å². The molecule has 0 aliphatic heterocycles. The van der Waals surface area contributed by atoms with E-state index in [4.69, 9.17) is 4.74 Å². The number of benzene rings is 1. The lowest BCUT2D eigenvalue weighted by Gasteiger charge is -2.13. The van der Waals surface area contributed by atoms with Gasteiger partial charge in [0.1, 0.15) is 5.82 Å². The van der Waals surface area contributed by atoms with Gasteiger partial charge in [0.05, 0.1) is 12.2 Å². The van der Waals surface area contributed by atoms with Crippen LogP contribution >= 0.6 is 0 Å². The maximum Gasteiger partial charge on any atom is 0.416 e. The van der Waals surface area contributed by atoms with Crippen LogP contribution in [0.1, 0.15) is 30.9 Å². The first-order valence-electron chi connectivity index (χ1n) is 6.56. The van der Waals surface area contributed by atoms with Crippen molar-refractivity contribution < 1.29 is 27.1 Å². The zero-order chi connectivity index (χ0) is 15.9. The number of esters is 1. The zero-order valence-electron chi connectivity index (χ0n) is 11.6. The number of carbonyl (C=O) groups excluding carboxylic acids is 1. The molecular formula is C14H17F4NO2. The van der Waals surface area contributed by atoms with Crippen molar-refractivity contribution in [3.8, 4) is 0 Å². The number of carbonyl (C=O) groups is 1. The first-order chi connectivity index (χ1) is 9.84. The van der Waals surface area contributed by atoms with Crippen LogP contribution in [0.3, 0.4) is 0 Å². The third kappa shape index (κ3) is 6.12. The molecule has 0 atom stereocenters. The Morgan fingerprint density at radius 3 is 2.67 bits per heavy atom. The zero-order valence-corrected chi connectivity index (χ0v) is 11.6. The van der Waals surface area contributed by atoms with Gasteiger partial charge < -0.3 is 10.1 Å². The molecule has 1 aromatic rings. The Bertz CT molecular complexity index is 475. The second kappa shape index (κ2) is 7.97. The summed E-state index contributed by atoms with van der Waals surface area (Å²) in [5.74, 6) is -1.26. The Morgan fingerprint density at radius 1 is 1.33 bits per heavy atom.